The van der Waals surface area contributed by atoms with E-state index >= 15 is 0 Å². The zero-order valence-electron chi connectivity index (χ0n) is 9.14. The van der Waals surface area contributed by atoms with E-state index in [9.17, 15) is 0 Å². The van der Waals surface area contributed by atoms with E-state index in [0.29, 0.717) is 12.0 Å². The van der Waals surface area contributed by atoms with Crippen LogP contribution in [0.3, 0.4) is 0 Å². The van der Waals surface area contributed by atoms with Crippen molar-refractivity contribution < 1.29 is 0 Å². The van der Waals surface area contributed by atoms with Crippen molar-refractivity contribution in [2.45, 2.75) is 46.1 Å². The first-order chi connectivity index (χ1) is 6.20. The molecule has 1 aliphatic heterocycles. The number of piperidine rings is 1. The van der Waals surface area contributed by atoms with Crippen LogP contribution in [0, 0.1) is 17.8 Å². The summed E-state index contributed by atoms with van der Waals surface area (Å²) in [5.41, 5.74) is 0. The van der Waals surface area contributed by atoms with Gasteiger partial charge in [0, 0.05) is 5.92 Å². The molecule has 1 saturated heterocycles. The SMILES string of the molecule is CC(C)C#C[C@H](C)N1CCCCC1. The second kappa shape index (κ2) is 5.29. The molecule has 0 aliphatic carbocycles. The van der Waals surface area contributed by atoms with Gasteiger partial charge in [0.25, 0.3) is 0 Å². The molecule has 1 heteroatoms. The van der Waals surface area contributed by atoms with E-state index in [1.54, 1.807) is 0 Å². The monoisotopic (exact) mass is 179 g/mol. The average Bonchev–Trinajstić information content (AvgIpc) is 2.15. The summed E-state index contributed by atoms with van der Waals surface area (Å²) in [6.45, 7) is 9.01. The highest BCUT2D eigenvalue weighted by Crippen LogP contribution is 2.11. The summed E-state index contributed by atoms with van der Waals surface area (Å²) < 4.78 is 0. The zero-order valence-corrected chi connectivity index (χ0v) is 9.14. The fourth-order valence-corrected chi connectivity index (χ4v) is 1.68. The third-order valence-corrected chi connectivity index (χ3v) is 2.52. The van der Waals surface area contributed by atoms with Crippen molar-refractivity contribution in [1.29, 1.82) is 0 Å². The van der Waals surface area contributed by atoms with E-state index < -0.39 is 0 Å². The number of hydrogen-bond acceptors (Lipinski definition) is 1. The van der Waals surface area contributed by atoms with Gasteiger partial charge in [-0.1, -0.05) is 32.1 Å². The zero-order chi connectivity index (χ0) is 9.68. The van der Waals surface area contributed by atoms with Crippen LogP contribution in [0.25, 0.3) is 0 Å². The summed E-state index contributed by atoms with van der Waals surface area (Å²) in [4.78, 5) is 2.50. The van der Waals surface area contributed by atoms with Gasteiger partial charge in [-0.2, -0.15) is 0 Å². The Kier molecular flexibility index (Phi) is 4.32. The molecular formula is C12H21N. The second-order valence-corrected chi connectivity index (χ2v) is 4.22. The maximum Gasteiger partial charge on any atom is 0.0686 e. The van der Waals surface area contributed by atoms with Crippen molar-refractivity contribution in [2.24, 2.45) is 5.92 Å². The maximum atomic E-state index is 3.33. The molecule has 0 aromatic rings. The largest absolute Gasteiger partial charge is 0.290 e. The van der Waals surface area contributed by atoms with E-state index in [1.807, 2.05) is 0 Å². The van der Waals surface area contributed by atoms with Crippen molar-refractivity contribution in [3.63, 3.8) is 0 Å². The van der Waals surface area contributed by atoms with Gasteiger partial charge in [-0.05, 0) is 32.9 Å². The quantitative estimate of drug-likeness (QED) is 0.559. The first-order valence-corrected chi connectivity index (χ1v) is 5.45. The highest BCUT2D eigenvalue weighted by atomic mass is 15.1. The summed E-state index contributed by atoms with van der Waals surface area (Å²) in [6.07, 6.45) is 4.11. The summed E-state index contributed by atoms with van der Waals surface area (Å²) in [5.74, 6) is 7.09. The van der Waals surface area contributed by atoms with Crippen LogP contribution in [-0.4, -0.2) is 24.0 Å². The van der Waals surface area contributed by atoms with Crippen LogP contribution in [0.2, 0.25) is 0 Å². The highest BCUT2D eigenvalue weighted by Gasteiger charge is 2.14. The van der Waals surface area contributed by atoms with Gasteiger partial charge in [0.1, 0.15) is 0 Å². The van der Waals surface area contributed by atoms with Crippen LogP contribution in [0.15, 0.2) is 0 Å². The third kappa shape index (κ3) is 3.83. The topological polar surface area (TPSA) is 3.24 Å². The van der Waals surface area contributed by atoms with Crippen LogP contribution < -0.4 is 0 Å². The Labute approximate surface area is 82.5 Å². The van der Waals surface area contributed by atoms with Crippen molar-refractivity contribution >= 4 is 0 Å². The lowest BCUT2D eigenvalue weighted by atomic mass is 10.1. The van der Waals surface area contributed by atoms with E-state index in [0.717, 1.165) is 0 Å². The van der Waals surface area contributed by atoms with Gasteiger partial charge in [-0.25, -0.2) is 0 Å². The fourth-order valence-electron chi connectivity index (χ4n) is 1.68. The van der Waals surface area contributed by atoms with E-state index in [2.05, 4.69) is 37.5 Å². The molecule has 1 heterocycles. The number of nitrogens with zero attached hydrogens (tertiary/aromatic N) is 1. The molecule has 74 valence electrons. The van der Waals surface area contributed by atoms with Gasteiger partial charge in [0.2, 0.25) is 0 Å². The minimum atomic E-state index is 0.461. The Morgan fingerprint density at radius 3 is 2.08 bits per heavy atom. The Bertz CT molecular complexity index is 191. The lowest BCUT2D eigenvalue weighted by Gasteiger charge is -2.29. The normalized spacial score (nSPS) is 20.9. The molecule has 0 radical (unpaired) electrons. The number of likely N-dealkylation sites (tertiary alicyclic amines) is 1. The molecule has 1 rings (SSSR count). The second-order valence-electron chi connectivity index (χ2n) is 4.22. The van der Waals surface area contributed by atoms with E-state index in [-0.39, 0.29) is 0 Å². The fraction of sp³-hybridized carbons (Fsp3) is 0.833. The van der Waals surface area contributed by atoms with Crippen molar-refractivity contribution in [3.05, 3.63) is 0 Å². The molecule has 13 heavy (non-hydrogen) atoms. The smallest absolute Gasteiger partial charge is 0.0686 e. The highest BCUT2D eigenvalue weighted by molar-refractivity contribution is 5.08. The van der Waals surface area contributed by atoms with Crippen molar-refractivity contribution in [1.82, 2.24) is 4.90 Å². The Hall–Kier alpha value is -0.480. The lowest BCUT2D eigenvalue weighted by Crippen LogP contribution is -2.36. The van der Waals surface area contributed by atoms with E-state index in [4.69, 9.17) is 0 Å². The third-order valence-electron chi connectivity index (χ3n) is 2.52. The summed E-state index contributed by atoms with van der Waals surface area (Å²) in [6, 6.07) is 0.461. The molecule has 0 bridgehead atoms. The molecule has 0 amide bonds. The van der Waals surface area contributed by atoms with E-state index in [1.165, 1.54) is 32.4 Å². The molecule has 1 aliphatic rings. The molecule has 0 aromatic heterocycles. The van der Waals surface area contributed by atoms with Gasteiger partial charge < -0.3 is 0 Å². The van der Waals surface area contributed by atoms with Gasteiger partial charge in [0.05, 0.1) is 6.04 Å². The predicted molar refractivity (Wildman–Crippen MR) is 57.5 cm³/mol. The van der Waals surface area contributed by atoms with Crippen molar-refractivity contribution in [2.75, 3.05) is 13.1 Å². The number of rotatable bonds is 1. The van der Waals surface area contributed by atoms with Gasteiger partial charge in [-0.15, -0.1) is 0 Å². The average molecular weight is 179 g/mol. The Balaban J connectivity index is 2.38. The predicted octanol–water partition coefficient (Wildman–Crippen LogP) is 2.52. The summed E-state index contributed by atoms with van der Waals surface area (Å²) >= 11 is 0. The van der Waals surface area contributed by atoms with Crippen LogP contribution >= 0.6 is 0 Å². The van der Waals surface area contributed by atoms with Gasteiger partial charge in [0.15, 0.2) is 0 Å². The standard InChI is InChI=1S/C12H21N/c1-11(2)7-8-12(3)13-9-5-4-6-10-13/h11-12H,4-6,9-10H2,1-3H3/t12-/m0/s1. The van der Waals surface area contributed by atoms with Gasteiger partial charge in [-0.3, -0.25) is 4.90 Å². The lowest BCUT2D eigenvalue weighted by molar-refractivity contribution is 0.206. The summed E-state index contributed by atoms with van der Waals surface area (Å²) in [7, 11) is 0. The molecule has 0 unspecified atom stereocenters. The van der Waals surface area contributed by atoms with Gasteiger partial charge >= 0.3 is 0 Å². The first kappa shape index (κ1) is 10.6. The molecular weight excluding hydrogens is 158 g/mol. The first-order valence-electron chi connectivity index (χ1n) is 5.45. The Morgan fingerprint density at radius 1 is 0.923 bits per heavy atom. The maximum absolute atomic E-state index is 3.33. The van der Waals surface area contributed by atoms with Crippen LogP contribution in [0.1, 0.15) is 40.0 Å². The Morgan fingerprint density at radius 2 is 1.54 bits per heavy atom. The molecule has 0 N–H and O–H groups in total. The van der Waals surface area contributed by atoms with Crippen molar-refractivity contribution in [3.8, 4) is 11.8 Å². The summed E-state index contributed by atoms with van der Waals surface area (Å²) in [5, 5.41) is 0. The molecule has 1 nitrogen and oxygen atoms in total. The van der Waals surface area contributed by atoms with Crippen LogP contribution in [0.5, 0.6) is 0 Å². The molecule has 1 atom stereocenters. The molecule has 0 aromatic carbocycles. The minimum Gasteiger partial charge on any atom is -0.290 e. The molecule has 0 saturated carbocycles. The number of hydrogen-bond donors (Lipinski definition) is 0. The molecule has 1 fully saturated rings. The van der Waals surface area contributed by atoms with Crippen LogP contribution in [0.4, 0.5) is 0 Å². The van der Waals surface area contributed by atoms with Crippen LogP contribution in [-0.2, 0) is 0 Å². The molecule has 0 spiro atoms. The minimum absolute atomic E-state index is 0.461.